The molecule has 9 aromatic rings. The number of hydrogen-bond acceptors (Lipinski definition) is 8. The SMILES string of the molecule is c1ccc(-c2ccc(-c3cccc(-c4cc(-c5cccc(-c6cccnc6)n5)cc(-c5cccc(-c6ccc(-c7ccccn7)nc6)n5)c4)n3)cn2)nc1. The molecule has 0 saturated carbocycles. The monoisotopic (exact) mass is 694 g/mol. The molecule has 1 aromatic carbocycles. The predicted molar refractivity (Wildman–Crippen MR) is 212 cm³/mol. The van der Waals surface area contributed by atoms with E-state index in [4.69, 9.17) is 24.9 Å². The summed E-state index contributed by atoms with van der Waals surface area (Å²) in [4.78, 5) is 37.9. The highest BCUT2D eigenvalue weighted by Crippen LogP contribution is 2.34. The van der Waals surface area contributed by atoms with Gasteiger partial charge >= 0.3 is 0 Å². The Morgan fingerprint density at radius 1 is 0.241 bits per heavy atom. The van der Waals surface area contributed by atoms with E-state index < -0.39 is 0 Å². The average molecular weight is 695 g/mol. The van der Waals surface area contributed by atoms with Gasteiger partial charge in [-0.05, 0) is 115 Å². The van der Waals surface area contributed by atoms with Crippen molar-refractivity contribution in [2.75, 3.05) is 0 Å². The second-order valence-corrected chi connectivity index (χ2v) is 12.6. The van der Waals surface area contributed by atoms with Crippen molar-refractivity contribution in [3.05, 3.63) is 183 Å². The molecule has 0 spiro atoms. The fraction of sp³-hybridized carbons (Fsp3) is 0. The molecule has 0 radical (unpaired) electrons. The van der Waals surface area contributed by atoms with Crippen molar-refractivity contribution in [3.8, 4) is 90.3 Å². The molecule has 54 heavy (non-hydrogen) atoms. The summed E-state index contributed by atoms with van der Waals surface area (Å²) < 4.78 is 0. The van der Waals surface area contributed by atoms with Crippen LogP contribution in [0.25, 0.3) is 90.3 Å². The van der Waals surface area contributed by atoms with Gasteiger partial charge in [-0.2, -0.15) is 0 Å². The minimum absolute atomic E-state index is 0.809. The molecular formula is C46H30N8. The van der Waals surface area contributed by atoms with Gasteiger partial charge in [0.2, 0.25) is 0 Å². The van der Waals surface area contributed by atoms with Crippen molar-refractivity contribution >= 4 is 0 Å². The molecule has 0 aliphatic carbocycles. The Morgan fingerprint density at radius 2 is 0.630 bits per heavy atom. The first-order valence-electron chi connectivity index (χ1n) is 17.5. The Bertz CT molecular complexity index is 2540. The highest BCUT2D eigenvalue weighted by molar-refractivity contribution is 5.80. The molecule has 8 nitrogen and oxygen atoms in total. The summed E-state index contributed by atoms with van der Waals surface area (Å²) in [5.41, 5.74) is 13.8. The van der Waals surface area contributed by atoms with Crippen molar-refractivity contribution in [2.45, 2.75) is 0 Å². The average Bonchev–Trinajstić information content (AvgIpc) is 3.27. The molecule has 0 amide bonds. The molecule has 0 unspecified atom stereocenters. The minimum Gasteiger partial charge on any atom is -0.264 e. The maximum absolute atomic E-state index is 5.13. The van der Waals surface area contributed by atoms with Gasteiger partial charge < -0.3 is 0 Å². The van der Waals surface area contributed by atoms with Crippen LogP contribution in [-0.4, -0.2) is 39.9 Å². The van der Waals surface area contributed by atoms with E-state index in [2.05, 4.69) is 33.2 Å². The van der Waals surface area contributed by atoms with Crippen LogP contribution in [0.4, 0.5) is 0 Å². The summed E-state index contributed by atoms with van der Waals surface area (Å²) in [6, 6.07) is 48.2. The lowest BCUT2D eigenvalue weighted by molar-refractivity contribution is 1.23. The smallest absolute Gasteiger partial charge is 0.0886 e. The topological polar surface area (TPSA) is 103 Å². The largest absolute Gasteiger partial charge is 0.264 e. The Balaban J connectivity index is 1.11. The van der Waals surface area contributed by atoms with Crippen molar-refractivity contribution < 1.29 is 0 Å². The van der Waals surface area contributed by atoms with E-state index in [9.17, 15) is 0 Å². The second-order valence-electron chi connectivity index (χ2n) is 12.6. The fourth-order valence-corrected chi connectivity index (χ4v) is 6.28. The number of aromatic nitrogens is 8. The van der Waals surface area contributed by atoms with Crippen LogP contribution in [0, 0.1) is 0 Å². The van der Waals surface area contributed by atoms with Gasteiger partial charge in [-0.1, -0.05) is 30.3 Å². The minimum atomic E-state index is 0.809. The van der Waals surface area contributed by atoms with Crippen LogP contribution < -0.4 is 0 Å². The van der Waals surface area contributed by atoms with E-state index in [0.717, 1.165) is 90.3 Å². The lowest BCUT2D eigenvalue weighted by Gasteiger charge is -2.12. The first kappa shape index (κ1) is 32.3. The van der Waals surface area contributed by atoms with Crippen LogP contribution in [0.1, 0.15) is 0 Å². The maximum Gasteiger partial charge on any atom is 0.0886 e. The zero-order chi connectivity index (χ0) is 36.1. The molecule has 0 bridgehead atoms. The van der Waals surface area contributed by atoms with Crippen LogP contribution in [0.2, 0.25) is 0 Å². The molecule has 0 saturated heterocycles. The van der Waals surface area contributed by atoms with E-state index in [1.54, 1.807) is 18.6 Å². The van der Waals surface area contributed by atoms with Crippen LogP contribution >= 0.6 is 0 Å². The van der Waals surface area contributed by atoms with Gasteiger partial charge in [-0.15, -0.1) is 0 Å². The lowest BCUT2D eigenvalue weighted by Crippen LogP contribution is -1.94. The lowest BCUT2D eigenvalue weighted by atomic mass is 9.98. The highest BCUT2D eigenvalue weighted by atomic mass is 14.8. The fourth-order valence-electron chi connectivity index (χ4n) is 6.28. The maximum atomic E-state index is 5.13. The van der Waals surface area contributed by atoms with Crippen molar-refractivity contribution in [1.82, 2.24) is 39.9 Å². The van der Waals surface area contributed by atoms with Crippen LogP contribution in [0.5, 0.6) is 0 Å². The first-order valence-corrected chi connectivity index (χ1v) is 17.5. The standard InChI is InChI=1S/C46H30N8/c1-3-23-48-43(10-1)45-20-18-32(29-50-45)38-13-6-16-41(53-38)35-25-34(40-15-5-12-37(52-40)31-9-8-22-47-28-31)26-36(27-35)42-17-7-14-39(54-42)33-19-21-46(51-30-33)44-11-2-4-24-49-44/h1-30H. The molecule has 8 heterocycles. The normalized spacial score (nSPS) is 11.0. The van der Waals surface area contributed by atoms with E-state index in [-0.39, 0.29) is 0 Å². The number of rotatable bonds is 8. The number of pyridine rings is 8. The second kappa shape index (κ2) is 14.6. The predicted octanol–water partition coefficient (Wildman–Crippen LogP) is 10.2. The molecule has 0 N–H and O–H groups in total. The molecule has 9 rings (SSSR count). The third-order valence-corrected chi connectivity index (χ3v) is 9.00. The van der Waals surface area contributed by atoms with Gasteiger partial charge in [-0.3, -0.25) is 24.9 Å². The van der Waals surface area contributed by atoms with Gasteiger partial charge in [0, 0.05) is 70.6 Å². The van der Waals surface area contributed by atoms with Gasteiger partial charge in [0.15, 0.2) is 0 Å². The van der Waals surface area contributed by atoms with E-state index in [0.29, 0.717) is 0 Å². The molecule has 0 aliphatic rings. The Kier molecular flexibility index (Phi) is 8.73. The molecule has 0 aliphatic heterocycles. The zero-order valence-corrected chi connectivity index (χ0v) is 28.9. The Morgan fingerprint density at radius 3 is 0.981 bits per heavy atom. The number of nitrogens with zero attached hydrogens (tertiary/aromatic N) is 8. The summed E-state index contributed by atoms with van der Waals surface area (Å²) in [5.74, 6) is 0. The van der Waals surface area contributed by atoms with Crippen LogP contribution in [0.3, 0.4) is 0 Å². The molecule has 254 valence electrons. The van der Waals surface area contributed by atoms with E-state index >= 15 is 0 Å². The molecule has 0 atom stereocenters. The third-order valence-electron chi connectivity index (χ3n) is 9.00. The van der Waals surface area contributed by atoms with E-state index in [1.165, 1.54) is 0 Å². The van der Waals surface area contributed by atoms with E-state index in [1.807, 2.05) is 146 Å². The van der Waals surface area contributed by atoms with Crippen molar-refractivity contribution in [3.63, 3.8) is 0 Å². The highest BCUT2D eigenvalue weighted by Gasteiger charge is 2.14. The van der Waals surface area contributed by atoms with Gasteiger partial charge in [-0.25, -0.2) is 15.0 Å². The van der Waals surface area contributed by atoms with Gasteiger partial charge in [0.25, 0.3) is 0 Å². The number of hydrogen-bond donors (Lipinski definition) is 0. The van der Waals surface area contributed by atoms with Crippen LogP contribution in [0.15, 0.2) is 183 Å². The van der Waals surface area contributed by atoms with Crippen molar-refractivity contribution in [2.24, 2.45) is 0 Å². The van der Waals surface area contributed by atoms with Crippen LogP contribution in [-0.2, 0) is 0 Å². The molecule has 0 fully saturated rings. The molecular weight excluding hydrogens is 665 g/mol. The van der Waals surface area contributed by atoms with Crippen molar-refractivity contribution in [1.29, 1.82) is 0 Å². The first-order chi connectivity index (χ1) is 26.7. The Labute approximate surface area is 312 Å². The third kappa shape index (κ3) is 6.87. The van der Waals surface area contributed by atoms with Gasteiger partial charge in [0.1, 0.15) is 0 Å². The summed E-state index contributed by atoms with van der Waals surface area (Å²) in [6.07, 6.45) is 10.8. The Hall–Kier alpha value is -7.58. The summed E-state index contributed by atoms with van der Waals surface area (Å²) >= 11 is 0. The zero-order valence-electron chi connectivity index (χ0n) is 28.9. The van der Waals surface area contributed by atoms with Gasteiger partial charge in [0.05, 0.1) is 56.9 Å². The summed E-state index contributed by atoms with van der Waals surface area (Å²) in [7, 11) is 0. The quantitative estimate of drug-likeness (QED) is 0.155. The summed E-state index contributed by atoms with van der Waals surface area (Å²) in [5, 5.41) is 0. The number of benzene rings is 1. The summed E-state index contributed by atoms with van der Waals surface area (Å²) in [6.45, 7) is 0. The molecule has 8 heteroatoms. The molecule has 8 aromatic heterocycles.